The van der Waals surface area contributed by atoms with Crippen LogP contribution in [0.5, 0.6) is 0 Å². The second kappa shape index (κ2) is 6.87. The van der Waals surface area contributed by atoms with Gasteiger partial charge in [0, 0.05) is 43.1 Å². The Morgan fingerprint density at radius 1 is 1.35 bits per heavy atom. The third-order valence-electron chi connectivity index (χ3n) is 4.18. The summed E-state index contributed by atoms with van der Waals surface area (Å²) in [5.74, 6) is 0.389. The average molecular weight is 378 g/mol. The van der Waals surface area contributed by atoms with Gasteiger partial charge in [-0.3, -0.25) is 14.9 Å². The number of carbonyl (C=O) groups is 1. The van der Waals surface area contributed by atoms with E-state index in [4.69, 9.17) is 0 Å². The third-order valence-corrected chi connectivity index (χ3v) is 5.27. The lowest BCUT2D eigenvalue weighted by molar-refractivity contribution is -0.385. The maximum absolute atomic E-state index is 12.4. The van der Waals surface area contributed by atoms with E-state index in [2.05, 4.69) is 14.9 Å². The van der Waals surface area contributed by atoms with E-state index in [0.29, 0.717) is 5.69 Å². The summed E-state index contributed by atoms with van der Waals surface area (Å²) in [5, 5.41) is 13.6. The number of imidazole rings is 1. The van der Waals surface area contributed by atoms with Crippen molar-refractivity contribution in [1.29, 1.82) is 0 Å². The van der Waals surface area contributed by atoms with Crippen molar-refractivity contribution in [2.24, 2.45) is 0 Å². The van der Waals surface area contributed by atoms with Crippen molar-refractivity contribution >= 4 is 21.4 Å². The highest BCUT2D eigenvalue weighted by atomic mass is 32.2. The van der Waals surface area contributed by atoms with Crippen molar-refractivity contribution < 1.29 is 18.1 Å². The number of non-ortho nitro benzene ring substituents is 1. The molecule has 0 unspecified atom stereocenters. The van der Waals surface area contributed by atoms with Crippen LogP contribution < -0.4 is 5.32 Å². The molecule has 1 N–H and O–H groups in total. The Bertz CT molecular complexity index is 957. The summed E-state index contributed by atoms with van der Waals surface area (Å²) < 4.78 is 25.5. The van der Waals surface area contributed by atoms with Crippen molar-refractivity contribution in [3.63, 3.8) is 0 Å². The van der Waals surface area contributed by atoms with Gasteiger partial charge in [-0.15, -0.1) is 0 Å². The Hall–Kier alpha value is -2.75. The van der Waals surface area contributed by atoms with Gasteiger partial charge >= 0.3 is 0 Å². The van der Waals surface area contributed by atoms with Crippen LogP contribution in [0.4, 0.5) is 5.69 Å². The molecule has 0 fully saturated rings. The summed E-state index contributed by atoms with van der Waals surface area (Å²) in [6, 6.07) is 3.13. The minimum absolute atomic E-state index is 0.0800. The van der Waals surface area contributed by atoms with E-state index >= 15 is 0 Å². The van der Waals surface area contributed by atoms with E-state index in [1.807, 2.05) is 6.20 Å². The predicted octanol–water partition coefficient (Wildman–Crippen LogP) is 1.46. The largest absolute Gasteiger partial charge is 0.346 e. The molecule has 1 aromatic carbocycles. The lowest BCUT2D eigenvalue weighted by Gasteiger charge is -2.11. The van der Waals surface area contributed by atoms with Crippen molar-refractivity contribution in [1.82, 2.24) is 14.9 Å². The quantitative estimate of drug-likeness (QED) is 0.620. The Morgan fingerprint density at radius 2 is 2.12 bits per heavy atom. The Balaban J connectivity index is 1.79. The van der Waals surface area contributed by atoms with Crippen LogP contribution in [0.1, 0.15) is 34.7 Å². The second-order valence-corrected chi connectivity index (χ2v) is 8.24. The molecular weight excluding hydrogens is 360 g/mol. The lowest BCUT2D eigenvalue weighted by Crippen LogP contribution is -2.23. The molecule has 138 valence electrons. The van der Waals surface area contributed by atoms with Gasteiger partial charge in [-0.1, -0.05) is 0 Å². The van der Waals surface area contributed by atoms with E-state index in [-0.39, 0.29) is 17.0 Å². The molecule has 1 aromatic heterocycles. The predicted molar refractivity (Wildman–Crippen MR) is 92.5 cm³/mol. The fourth-order valence-corrected chi connectivity index (χ4v) is 3.54. The number of nitro groups is 1. The molecule has 1 aliphatic heterocycles. The molecule has 1 aliphatic rings. The van der Waals surface area contributed by atoms with Crippen LogP contribution >= 0.6 is 0 Å². The SMILES string of the molecule is CS(=O)(=O)c1cc(C(=O)NCc2cn3c(n2)CCCC3)cc([N+](=O)[O-])c1. The molecular formula is C16H18N4O5S. The summed E-state index contributed by atoms with van der Waals surface area (Å²) >= 11 is 0. The maximum Gasteiger partial charge on any atom is 0.271 e. The summed E-state index contributed by atoms with van der Waals surface area (Å²) in [7, 11) is -3.68. The number of hydrogen-bond donors (Lipinski definition) is 1. The molecule has 1 amide bonds. The number of rotatable bonds is 5. The fraction of sp³-hybridized carbons (Fsp3) is 0.375. The summed E-state index contributed by atoms with van der Waals surface area (Å²) in [4.78, 5) is 26.8. The topological polar surface area (TPSA) is 124 Å². The van der Waals surface area contributed by atoms with Gasteiger partial charge in [-0.05, 0) is 18.9 Å². The molecule has 26 heavy (non-hydrogen) atoms. The number of nitrogens with one attached hydrogen (secondary N) is 1. The molecule has 10 heteroatoms. The Labute approximate surface area is 150 Å². The number of aromatic nitrogens is 2. The number of sulfone groups is 1. The van der Waals surface area contributed by atoms with Crippen LogP contribution in [-0.2, 0) is 29.3 Å². The molecule has 3 rings (SSSR count). The molecule has 9 nitrogen and oxygen atoms in total. The zero-order chi connectivity index (χ0) is 18.9. The van der Waals surface area contributed by atoms with Crippen molar-refractivity contribution in [2.75, 3.05) is 6.26 Å². The first kappa shape index (κ1) is 18.1. The summed E-state index contributed by atoms with van der Waals surface area (Å²) in [6.07, 6.45) is 5.89. The van der Waals surface area contributed by atoms with Crippen molar-refractivity contribution in [3.8, 4) is 0 Å². The number of amides is 1. The number of carbonyl (C=O) groups excluding carboxylic acids is 1. The zero-order valence-corrected chi connectivity index (χ0v) is 15.0. The van der Waals surface area contributed by atoms with Crippen LogP contribution in [0.15, 0.2) is 29.3 Å². The van der Waals surface area contributed by atoms with Crippen LogP contribution in [0, 0.1) is 10.1 Å². The van der Waals surface area contributed by atoms with Gasteiger partial charge < -0.3 is 9.88 Å². The number of aryl methyl sites for hydroxylation is 2. The number of hydrogen-bond acceptors (Lipinski definition) is 6. The number of nitro benzene ring substituents is 1. The molecule has 0 bridgehead atoms. The van der Waals surface area contributed by atoms with E-state index in [0.717, 1.165) is 56.1 Å². The normalized spacial score (nSPS) is 13.9. The first-order valence-corrected chi connectivity index (χ1v) is 9.96. The molecule has 2 heterocycles. The van der Waals surface area contributed by atoms with E-state index in [1.165, 1.54) is 0 Å². The highest BCUT2D eigenvalue weighted by molar-refractivity contribution is 7.90. The van der Waals surface area contributed by atoms with E-state index in [9.17, 15) is 23.3 Å². The third kappa shape index (κ3) is 3.90. The van der Waals surface area contributed by atoms with E-state index < -0.39 is 26.4 Å². The number of benzene rings is 1. The van der Waals surface area contributed by atoms with Gasteiger partial charge in [0.15, 0.2) is 9.84 Å². The van der Waals surface area contributed by atoms with Crippen molar-refractivity contribution in [2.45, 2.75) is 37.2 Å². The molecule has 0 spiro atoms. The minimum Gasteiger partial charge on any atom is -0.346 e. The van der Waals surface area contributed by atoms with Crippen LogP contribution in [-0.4, -0.2) is 35.1 Å². The van der Waals surface area contributed by atoms with Gasteiger partial charge in [-0.25, -0.2) is 13.4 Å². The molecule has 0 aliphatic carbocycles. The number of nitrogens with zero attached hydrogens (tertiary/aromatic N) is 3. The van der Waals surface area contributed by atoms with Gasteiger partial charge in [-0.2, -0.15) is 0 Å². The maximum atomic E-state index is 12.4. The standard InChI is InChI=1S/C16H18N4O5S/c1-26(24,25)14-7-11(6-13(8-14)20(22)23)16(21)17-9-12-10-19-5-3-2-4-15(19)18-12/h6-8,10H,2-5,9H2,1H3,(H,17,21). The van der Waals surface area contributed by atoms with E-state index in [1.54, 1.807) is 0 Å². The monoisotopic (exact) mass is 378 g/mol. The fourth-order valence-electron chi connectivity index (χ4n) is 2.86. The molecule has 2 aromatic rings. The summed E-state index contributed by atoms with van der Waals surface area (Å²) in [6.45, 7) is 1.06. The highest BCUT2D eigenvalue weighted by Gasteiger charge is 2.19. The molecule has 0 saturated heterocycles. The zero-order valence-electron chi connectivity index (χ0n) is 14.1. The van der Waals surface area contributed by atoms with Crippen LogP contribution in [0.25, 0.3) is 0 Å². The second-order valence-electron chi connectivity index (χ2n) is 6.23. The minimum atomic E-state index is -3.68. The number of fused-ring (bicyclic) bond motifs is 1. The first-order chi connectivity index (χ1) is 12.2. The average Bonchev–Trinajstić information content (AvgIpc) is 3.01. The van der Waals surface area contributed by atoms with Gasteiger partial charge in [0.2, 0.25) is 0 Å². The van der Waals surface area contributed by atoms with Crippen molar-refractivity contribution in [3.05, 3.63) is 51.6 Å². The molecule has 0 saturated carbocycles. The van der Waals surface area contributed by atoms with Crippen LogP contribution in [0.3, 0.4) is 0 Å². The lowest BCUT2D eigenvalue weighted by atomic mass is 10.2. The molecule has 0 atom stereocenters. The van der Waals surface area contributed by atoms with Gasteiger partial charge in [0.1, 0.15) is 5.82 Å². The van der Waals surface area contributed by atoms with Gasteiger partial charge in [0.25, 0.3) is 11.6 Å². The molecule has 0 radical (unpaired) electrons. The van der Waals surface area contributed by atoms with Crippen LogP contribution in [0.2, 0.25) is 0 Å². The highest BCUT2D eigenvalue weighted by Crippen LogP contribution is 2.21. The van der Waals surface area contributed by atoms with Gasteiger partial charge in [0.05, 0.1) is 22.1 Å². The smallest absolute Gasteiger partial charge is 0.271 e. The summed E-state index contributed by atoms with van der Waals surface area (Å²) in [5.41, 5.74) is 0.170. The Kier molecular flexibility index (Phi) is 4.77. The Morgan fingerprint density at radius 3 is 2.77 bits per heavy atom. The first-order valence-electron chi connectivity index (χ1n) is 8.07.